The van der Waals surface area contributed by atoms with Crippen molar-refractivity contribution in [1.82, 2.24) is 24.6 Å². The lowest BCUT2D eigenvalue weighted by molar-refractivity contribution is 0.101. The van der Waals surface area contributed by atoms with E-state index in [9.17, 15) is 4.79 Å². The second-order valence-corrected chi connectivity index (χ2v) is 7.05. The Morgan fingerprint density at radius 2 is 1.96 bits per heavy atom. The number of benzene rings is 1. The fourth-order valence-corrected chi connectivity index (χ4v) is 3.68. The summed E-state index contributed by atoms with van der Waals surface area (Å²) < 4.78 is 7.26. The van der Waals surface area contributed by atoms with Crippen molar-refractivity contribution in [1.29, 1.82) is 0 Å². The van der Waals surface area contributed by atoms with Gasteiger partial charge in [-0.3, -0.25) is 14.4 Å². The fraction of sp³-hybridized carbons (Fsp3) is 0.400. The van der Waals surface area contributed by atoms with Crippen LogP contribution >= 0.6 is 0 Å². The van der Waals surface area contributed by atoms with Gasteiger partial charge in [0.2, 0.25) is 0 Å². The monoisotopic (exact) mass is 380 g/mol. The zero-order valence-corrected chi connectivity index (χ0v) is 16.4. The molecule has 4 rings (SSSR count). The van der Waals surface area contributed by atoms with E-state index >= 15 is 0 Å². The van der Waals surface area contributed by atoms with Crippen molar-refractivity contribution < 1.29 is 9.53 Å². The Bertz CT molecular complexity index is 1010. The van der Waals surface area contributed by atoms with Crippen molar-refractivity contribution in [2.24, 2.45) is 7.05 Å². The van der Waals surface area contributed by atoms with Gasteiger partial charge < -0.3 is 9.64 Å². The van der Waals surface area contributed by atoms with E-state index in [1.807, 2.05) is 31.4 Å². The van der Waals surface area contributed by atoms with E-state index in [1.54, 1.807) is 25.0 Å². The van der Waals surface area contributed by atoms with Gasteiger partial charge in [0.15, 0.2) is 11.4 Å². The van der Waals surface area contributed by atoms with Crippen molar-refractivity contribution in [3.05, 3.63) is 41.9 Å². The second kappa shape index (κ2) is 7.55. The average molecular weight is 380 g/mol. The third kappa shape index (κ3) is 3.43. The standard InChI is InChI=1S/C20H24N6O2/c1-14(27)15-4-5-18(28-3)16(10-15)12-25-6-8-26(9-7-25)20-17-11-23-24(2)19(17)21-13-22-20/h4-5,10-11,13H,6-9,12H2,1-3H3. The molecular weight excluding hydrogens is 356 g/mol. The first-order valence-corrected chi connectivity index (χ1v) is 9.34. The summed E-state index contributed by atoms with van der Waals surface area (Å²) in [5.74, 6) is 1.83. The zero-order valence-electron chi connectivity index (χ0n) is 16.4. The molecule has 0 radical (unpaired) electrons. The minimum absolute atomic E-state index is 0.0676. The Morgan fingerprint density at radius 1 is 1.18 bits per heavy atom. The van der Waals surface area contributed by atoms with Gasteiger partial charge in [0.1, 0.15) is 17.9 Å². The van der Waals surface area contributed by atoms with Gasteiger partial charge in [-0.2, -0.15) is 5.10 Å². The van der Waals surface area contributed by atoms with Gasteiger partial charge in [-0.05, 0) is 25.1 Å². The molecule has 1 aromatic carbocycles. The number of aromatic nitrogens is 4. The number of hydrogen-bond donors (Lipinski definition) is 0. The van der Waals surface area contributed by atoms with Crippen molar-refractivity contribution >= 4 is 22.6 Å². The number of aryl methyl sites for hydroxylation is 1. The zero-order chi connectivity index (χ0) is 19.7. The SMILES string of the molecule is COc1ccc(C(C)=O)cc1CN1CCN(c2ncnc3c2cnn3C)CC1. The van der Waals surface area contributed by atoms with Gasteiger partial charge in [-0.15, -0.1) is 0 Å². The molecule has 2 aromatic heterocycles. The Kier molecular flexibility index (Phi) is 4.95. The van der Waals surface area contributed by atoms with Crippen LogP contribution in [0.1, 0.15) is 22.8 Å². The van der Waals surface area contributed by atoms with Crippen LogP contribution in [-0.2, 0) is 13.6 Å². The summed E-state index contributed by atoms with van der Waals surface area (Å²) in [6.45, 7) is 5.89. The highest BCUT2D eigenvalue weighted by Crippen LogP contribution is 2.25. The van der Waals surface area contributed by atoms with E-state index in [0.717, 1.165) is 66.5 Å². The van der Waals surface area contributed by atoms with Gasteiger partial charge >= 0.3 is 0 Å². The smallest absolute Gasteiger partial charge is 0.163 e. The van der Waals surface area contributed by atoms with Gasteiger partial charge in [0.05, 0.1) is 18.7 Å². The number of fused-ring (bicyclic) bond motifs is 1. The molecule has 0 spiro atoms. The van der Waals surface area contributed by atoms with E-state index < -0.39 is 0 Å². The van der Waals surface area contributed by atoms with Crippen LogP contribution in [0.3, 0.4) is 0 Å². The average Bonchev–Trinajstić information content (AvgIpc) is 3.10. The molecule has 1 aliphatic rings. The number of carbonyl (C=O) groups is 1. The maximum absolute atomic E-state index is 11.7. The Hall–Kier alpha value is -3.00. The molecule has 0 aliphatic carbocycles. The molecule has 1 aliphatic heterocycles. The van der Waals surface area contributed by atoms with E-state index in [1.165, 1.54) is 0 Å². The topological polar surface area (TPSA) is 76.4 Å². The summed E-state index contributed by atoms with van der Waals surface area (Å²) in [7, 11) is 3.55. The molecular formula is C20H24N6O2. The first kappa shape index (κ1) is 18.4. The number of ether oxygens (including phenoxy) is 1. The van der Waals surface area contributed by atoms with Crippen LogP contribution < -0.4 is 9.64 Å². The number of ketones is 1. The number of methoxy groups -OCH3 is 1. The predicted molar refractivity (Wildman–Crippen MR) is 107 cm³/mol. The summed E-state index contributed by atoms with van der Waals surface area (Å²) in [6, 6.07) is 5.64. The number of anilines is 1. The molecule has 3 aromatic rings. The van der Waals surface area contributed by atoms with Crippen LogP contribution in [0.4, 0.5) is 5.82 Å². The number of hydrogen-bond acceptors (Lipinski definition) is 7. The number of piperazine rings is 1. The highest BCUT2D eigenvalue weighted by molar-refractivity contribution is 5.94. The molecule has 28 heavy (non-hydrogen) atoms. The summed E-state index contributed by atoms with van der Waals surface area (Å²) in [5.41, 5.74) is 2.60. The minimum Gasteiger partial charge on any atom is -0.496 e. The first-order chi connectivity index (χ1) is 13.6. The highest BCUT2D eigenvalue weighted by Gasteiger charge is 2.22. The van der Waals surface area contributed by atoms with Crippen LogP contribution in [0.5, 0.6) is 5.75 Å². The van der Waals surface area contributed by atoms with E-state index in [-0.39, 0.29) is 5.78 Å². The number of Topliss-reactive ketones (excluding diaryl/α,β-unsaturated/α-hetero) is 1. The van der Waals surface area contributed by atoms with Crippen molar-refractivity contribution in [3.63, 3.8) is 0 Å². The summed E-state index contributed by atoms with van der Waals surface area (Å²) >= 11 is 0. The van der Waals surface area contributed by atoms with E-state index in [4.69, 9.17) is 4.74 Å². The molecule has 146 valence electrons. The van der Waals surface area contributed by atoms with Crippen molar-refractivity contribution in [2.45, 2.75) is 13.5 Å². The van der Waals surface area contributed by atoms with E-state index in [2.05, 4.69) is 24.9 Å². The second-order valence-electron chi connectivity index (χ2n) is 7.05. The van der Waals surface area contributed by atoms with Gasteiger partial charge in [0, 0.05) is 50.9 Å². The Balaban J connectivity index is 1.47. The summed E-state index contributed by atoms with van der Waals surface area (Å²) in [4.78, 5) is 25.2. The third-order valence-corrected chi connectivity index (χ3v) is 5.26. The van der Waals surface area contributed by atoms with E-state index in [0.29, 0.717) is 0 Å². The largest absolute Gasteiger partial charge is 0.496 e. The van der Waals surface area contributed by atoms with Crippen molar-refractivity contribution in [3.8, 4) is 5.75 Å². The number of rotatable bonds is 5. The third-order valence-electron chi connectivity index (χ3n) is 5.26. The molecule has 3 heterocycles. The Labute approximate surface area is 163 Å². The predicted octanol–water partition coefficient (Wildman–Crippen LogP) is 1.90. The molecule has 1 fully saturated rings. The maximum Gasteiger partial charge on any atom is 0.163 e. The fourth-order valence-electron chi connectivity index (χ4n) is 3.68. The van der Waals surface area contributed by atoms with Gasteiger partial charge in [-0.1, -0.05) is 0 Å². The van der Waals surface area contributed by atoms with Crippen LogP contribution in [0.25, 0.3) is 11.0 Å². The molecule has 0 bridgehead atoms. The lowest BCUT2D eigenvalue weighted by Gasteiger charge is -2.35. The van der Waals surface area contributed by atoms with Crippen LogP contribution in [0.15, 0.2) is 30.7 Å². The molecule has 0 amide bonds. The molecule has 8 nitrogen and oxygen atoms in total. The van der Waals surface area contributed by atoms with Gasteiger partial charge in [-0.25, -0.2) is 9.97 Å². The highest BCUT2D eigenvalue weighted by atomic mass is 16.5. The molecule has 8 heteroatoms. The molecule has 0 saturated carbocycles. The lowest BCUT2D eigenvalue weighted by Crippen LogP contribution is -2.46. The lowest BCUT2D eigenvalue weighted by atomic mass is 10.1. The quantitative estimate of drug-likeness (QED) is 0.626. The molecule has 0 unspecified atom stereocenters. The minimum atomic E-state index is 0.0676. The number of nitrogens with zero attached hydrogens (tertiary/aromatic N) is 6. The molecule has 0 N–H and O–H groups in total. The van der Waals surface area contributed by atoms with Gasteiger partial charge in [0.25, 0.3) is 0 Å². The first-order valence-electron chi connectivity index (χ1n) is 9.34. The molecule has 1 saturated heterocycles. The normalized spacial score (nSPS) is 15.2. The maximum atomic E-state index is 11.7. The summed E-state index contributed by atoms with van der Waals surface area (Å²) in [5, 5.41) is 5.28. The van der Waals surface area contributed by atoms with Crippen LogP contribution in [0.2, 0.25) is 0 Å². The summed E-state index contributed by atoms with van der Waals surface area (Å²) in [6.07, 6.45) is 3.43. The molecule has 0 atom stereocenters. The van der Waals surface area contributed by atoms with Crippen LogP contribution in [-0.4, -0.2) is 63.7 Å². The Morgan fingerprint density at radius 3 is 2.68 bits per heavy atom. The van der Waals surface area contributed by atoms with Crippen LogP contribution in [0, 0.1) is 0 Å². The number of carbonyl (C=O) groups excluding carboxylic acids is 1. The van der Waals surface area contributed by atoms with Crippen molar-refractivity contribution in [2.75, 3.05) is 38.2 Å².